The number of fused-ring (bicyclic) bond motifs is 5. The molecule has 1 aromatic rings. The van der Waals surface area contributed by atoms with E-state index >= 15 is 0 Å². The molecule has 6 heteroatoms. The Balaban J connectivity index is 1.48. The Bertz CT molecular complexity index is 608. The van der Waals surface area contributed by atoms with E-state index in [1.54, 1.807) is 12.3 Å². The first-order valence-corrected chi connectivity index (χ1v) is 8.92. The molecule has 4 rings (SSSR count). The number of aromatic amines is 1. The summed E-state index contributed by atoms with van der Waals surface area (Å²) in [5, 5.41) is 3.01. The Morgan fingerprint density at radius 2 is 2.00 bits per heavy atom. The van der Waals surface area contributed by atoms with Gasteiger partial charge in [-0.1, -0.05) is 0 Å². The maximum atomic E-state index is 12.4. The van der Waals surface area contributed by atoms with Crippen molar-refractivity contribution in [2.24, 2.45) is 23.7 Å². The van der Waals surface area contributed by atoms with E-state index < -0.39 is 10.0 Å². The van der Waals surface area contributed by atoms with Gasteiger partial charge in [0.25, 0.3) is 0 Å². The summed E-state index contributed by atoms with van der Waals surface area (Å²) in [6, 6.07) is 1.92. The number of H-pyrrole nitrogens is 1. The minimum atomic E-state index is -3.36. The van der Waals surface area contributed by atoms with Gasteiger partial charge >= 0.3 is 0 Å². The highest BCUT2D eigenvalue weighted by Gasteiger charge is 2.65. The zero-order chi connectivity index (χ0) is 13.9. The molecular weight excluding hydrogens is 274 g/mol. The Labute approximate surface area is 119 Å². The van der Waals surface area contributed by atoms with E-state index in [9.17, 15) is 8.42 Å². The third-order valence-electron chi connectivity index (χ3n) is 5.42. The Kier molecular flexibility index (Phi) is 2.78. The van der Waals surface area contributed by atoms with Crippen LogP contribution in [0.5, 0.6) is 0 Å². The van der Waals surface area contributed by atoms with Crippen LogP contribution in [-0.4, -0.2) is 26.5 Å². The lowest BCUT2D eigenvalue weighted by atomic mass is 10.0. The fourth-order valence-corrected chi connectivity index (χ4v) is 5.92. The third kappa shape index (κ3) is 1.85. The van der Waals surface area contributed by atoms with Crippen molar-refractivity contribution >= 4 is 10.0 Å². The number of nitrogens with one attached hydrogen (secondary N) is 3. The molecule has 3 aliphatic carbocycles. The van der Waals surface area contributed by atoms with E-state index in [2.05, 4.69) is 15.0 Å². The molecular formula is C14H21N3O2S. The third-order valence-corrected chi connectivity index (χ3v) is 6.86. The SMILES string of the molecule is CNCc1cc(S(=O)(=O)NC2C3C4CCC(C4)C23)c[nH]1. The molecule has 1 aromatic heterocycles. The van der Waals surface area contributed by atoms with Crippen LogP contribution in [0.15, 0.2) is 17.2 Å². The molecule has 3 fully saturated rings. The van der Waals surface area contributed by atoms with Crippen LogP contribution in [0.1, 0.15) is 25.0 Å². The lowest BCUT2D eigenvalue weighted by molar-refractivity contribution is 0.456. The monoisotopic (exact) mass is 295 g/mol. The molecule has 2 bridgehead atoms. The van der Waals surface area contributed by atoms with Crippen molar-refractivity contribution in [2.45, 2.75) is 36.7 Å². The molecule has 20 heavy (non-hydrogen) atoms. The first kappa shape index (κ1) is 12.9. The van der Waals surface area contributed by atoms with E-state index in [1.807, 2.05) is 7.05 Å². The van der Waals surface area contributed by atoms with E-state index in [0.717, 1.165) is 17.5 Å². The highest BCUT2D eigenvalue weighted by molar-refractivity contribution is 7.89. The van der Waals surface area contributed by atoms with Crippen molar-refractivity contribution in [2.75, 3.05) is 7.05 Å². The van der Waals surface area contributed by atoms with Gasteiger partial charge in [-0.2, -0.15) is 0 Å². The summed E-state index contributed by atoms with van der Waals surface area (Å²) in [7, 11) is -1.52. The first-order chi connectivity index (χ1) is 9.60. The Hall–Kier alpha value is -0.850. The minimum absolute atomic E-state index is 0.203. The van der Waals surface area contributed by atoms with Crippen molar-refractivity contribution in [1.82, 2.24) is 15.0 Å². The summed E-state index contributed by atoms with van der Waals surface area (Å²) in [4.78, 5) is 3.37. The van der Waals surface area contributed by atoms with Gasteiger partial charge in [-0.15, -0.1) is 0 Å². The molecule has 1 heterocycles. The summed E-state index contributed by atoms with van der Waals surface area (Å²) in [5.74, 6) is 2.81. The molecule has 4 unspecified atom stereocenters. The molecule has 4 atom stereocenters. The Morgan fingerprint density at radius 3 is 2.65 bits per heavy atom. The van der Waals surface area contributed by atoms with Gasteiger partial charge in [-0.3, -0.25) is 0 Å². The maximum Gasteiger partial charge on any atom is 0.242 e. The standard InChI is InChI=1S/C14H21N3O2S/c1-15-6-10-5-11(7-16-10)20(18,19)17-14-12-8-2-3-9(4-8)13(12)14/h5,7-9,12-17H,2-4,6H2,1H3. The molecule has 3 aliphatic rings. The topological polar surface area (TPSA) is 74.0 Å². The summed E-state index contributed by atoms with van der Waals surface area (Å²) >= 11 is 0. The fourth-order valence-electron chi connectivity index (χ4n) is 4.60. The van der Waals surface area contributed by atoms with Gasteiger partial charge in [-0.25, -0.2) is 13.1 Å². The molecule has 110 valence electrons. The quantitative estimate of drug-likeness (QED) is 0.760. The van der Waals surface area contributed by atoms with Crippen molar-refractivity contribution in [3.05, 3.63) is 18.0 Å². The lowest BCUT2D eigenvalue weighted by Crippen LogP contribution is -2.29. The van der Waals surface area contributed by atoms with E-state index in [-0.39, 0.29) is 6.04 Å². The summed E-state index contributed by atoms with van der Waals surface area (Å²) < 4.78 is 27.8. The van der Waals surface area contributed by atoms with E-state index in [4.69, 9.17) is 0 Å². The van der Waals surface area contributed by atoms with Gasteiger partial charge in [0.2, 0.25) is 10.0 Å². The zero-order valence-electron chi connectivity index (χ0n) is 11.6. The van der Waals surface area contributed by atoms with Crippen molar-refractivity contribution in [1.29, 1.82) is 0 Å². The second kappa shape index (κ2) is 4.32. The largest absolute Gasteiger partial charge is 0.363 e. The zero-order valence-corrected chi connectivity index (χ0v) is 12.4. The molecule has 5 nitrogen and oxygen atoms in total. The van der Waals surface area contributed by atoms with Crippen molar-refractivity contribution in [3.8, 4) is 0 Å². The van der Waals surface area contributed by atoms with Crippen LogP contribution in [0.3, 0.4) is 0 Å². The molecule has 0 aromatic carbocycles. The molecule has 3 N–H and O–H groups in total. The van der Waals surface area contributed by atoms with Gasteiger partial charge in [0, 0.05) is 24.5 Å². The average Bonchev–Trinajstić information content (AvgIpc) is 2.84. The van der Waals surface area contributed by atoms with Crippen molar-refractivity contribution in [3.63, 3.8) is 0 Å². The Morgan fingerprint density at radius 1 is 1.30 bits per heavy atom. The molecule has 0 aliphatic heterocycles. The normalized spacial score (nSPS) is 38.1. The number of sulfonamides is 1. The molecule has 0 amide bonds. The number of hydrogen-bond donors (Lipinski definition) is 3. The van der Waals surface area contributed by atoms with Crippen LogP contribution in [0.4, 0.5) is 0 Å². The van der Waals surface area contributed by atoms with Gasteiger partial charge in [0.05, 0.1) is 4.90 Å². The second-order valence-corrected chi connectivity index (χ2v) is 8.24. The molecule has 0 saturated heterocycles. The molecule has 3 saturated carbocycles. The highest BCUT2D eigenvalue weighted by atomic mass is 32.2. The predicted molar refractivity (Wildman–Crippen MR) is 75.5 cm³/mol. The second-order valence-electron chi connectivity index (χ2n) is 6.53. The van der Waals surface area contributed by atoms with Crippen LogP contribution < -0.4 is 10.0 Å². The summed E-state index contributed by atoms with van der Waals surface area (Å²) in [6.07, 6.45) is 5.53. The number of hydrogen-bond acceptors (Lipinski definition) is 3. The van der Waals surface area contributed by atoms with Crippen LogP contribution in [0.25, 0.3) is 0 Å². The molecule has 0 spiro atoms. The predicted octanol–water partition coefficient (Wildman–Crippen LogP) is 1.06. The van der Waals surface area contributed by atoms with Crippen LogP contribution >= 0.6 is 0 Å². The van der Waals surface area contributed by atoms with Gasteiger partial charge < -0.3 is 10.3 Å². The van der Waals surface area contributed by atoms with Gasteiger partial charge in [-0.05, 0) is 56.0 Å². The highest BCUT2D eigenvalue weighted by Crippen LogP contribution is 2.65. The van der Waals surface area contributed by atoms with E-state index in [0.29, 0.717) is 23.3 Å². The minimum Gasteiger partial charge on any atom is -0.363 e. The summed E-state index contributed by atoms with van der Waals surface area (Å²) in [5.41, 5.74) is 0.893. The van der Waals surface area contributed by atoms with Crippen LogP contribution in [0, 0.1) is 23.7 Å². The fraction of sp³-hybridized carbons (Fsp3) is 0.714. The molecule has 0 radical (unpaired) electrons. The number of rotatable bonds is 5. The first-order valence-electron chi connectivity index (χ1n) is 7.44. The van der Waals surface area contributed by atoms with Crippen LogP contribution in [0.2, 0.25) is 0 Å². The number of aromatic nitrogens is 1. The van der Waals surface area contributed by atoms with E-state index in [1.165, 1.54) is 19.3 Å². The van der Waals surface area contributed by atoms with Gasteiger partial charge in [0.1, 0.15) is 0 Å². The van der Waals surface area contributed by atoms with Crippen molar-refractivity contribution < 1.29 is 8.42 Å². The lowest BCUT2D eigenvalue weighted by Gasteiger charge is -2.10. The average molecular weight is 295 g/mol. The summed E-state index contributed by atoms with van der Waals surface area (Å²) in [6.45, 7) is 0.647. The smallest absolute Gasteiger partial charge is 0.242 e. The van der Waals surface area contributed by atoms with Crippen LogP contribution in [-0.2, 0) is 16.6 Å². The maximum absolute atomic E-state index is 12.4. The van der Waals surface area contributed by atoms with Gasteiger partial charge in [0.15, 0.2) is 0 Å².